The van der Waals surface area contributed by atoms with Crippen molar-refractivity contribution in [2.75, 3.05) is 14.1 Å². The van der Waals surface area contributed by atoms with Crippen molar-refractivity contribution >= 4 is 41.1 Å². The van der Waals surface area contributed by atoms with E-state index in [0.717, 1.165) is 22.6 Å². The summed E-state index contributed by atoms with van der Waals surface area (Å²) in [7, 11) is 3.09. The first-order chi connectivity index (χ1) is 13.1. The minimum absolute atomic E-state index is 0.0583. The van der Waals surface area contributed by atoms with Gasteiger partial charge in [-0.3, -0.25) is 24.2 Å². The van der Waals surface area contributed by atoms with E-state index in [9.17, 15) is 14.4 Å². The van der Waals surface area contributed by atoms with Gasteiger partial charge in [0.05, 0.1) is 0 Å². The molecule has 1 aromatic heterocycles. The SMILES string of the molecule is Cc1cc(C=C2C(=O)N(C)C(=S)N(C)C2=O)c(C)n1-c1ccc(C(N)=O)cc1. The second kappa shape index (κ2) is 7.05. The average Bonchev–Trinajstić information content (AvgIpc) is 2.95. The molecule has 144 valence electrons. The first-order valence-electron chi connectivity index (χ1n) is 8.54. The number of carbonyl (C=O) groups excluding carboxylic acids is 3. The van der Waals surface area contributed by atoms with Crippen molar-refractivity contribution in [3.05, 3.63) is 58.4 Å². The van der Waals surface area contributed by atoms with Crippen LogP contribution < -0.4 is 5.73 Å². The van der Waals surface area contributed by atoms with Crippen LogP contribution in [0.4, 0.5) is 0 Å². The number of nitrogens with two attached hydrogens (primary N) is 1. The summed E-state index contributed by atoms with van der Waals surface area (Å²) in [5.41, 5.74) is 9.16. The first kappa shape index (κ1) is 19.5. The Labute approximate surface area is 168 Å². The number of hydrogen-bond donors (Lipinski definition) is 1. The lowest BCUT2D eigenvalue weighted by atomic mass is 10.1. The Hall–Kier alpha value is -3.26. The minimum atomic E-state index is -0.488. The minimum Gasteiger partial charge on any atom is -0.366 e. The second-order valence-electron chi connectivity index (χ2n) is 6.64. The number of carbonyl (C=O) groups is 3. The Morgan fingerprint density at radius 2 is 1.57 bits per heavy atom. The molecule has 0 saturated carbocycles. The van der Waals surface area contributed by atoms with Gasteiger partial charge in [-0.25, -0.2) is 0 Å². The molecule has 0 atom stereocenters. The van der Waals surface area contributed by atoms with E-state index in [4.69, 9.17) is 18.0 Å². The largest absolute Gasteiger partial charge is 0.366 e. The van der Waals surface area contributed by atoms with Gasteiger partial charge in [-0.1, -0.05) is 0 Å². The fourth-order valence-electron chi connectivity index (χ4n) is 3.24. The van der Waals surface area contributed by atoms with E-state index >= 15 is 0 Å². The molecule has 1 fully saturated rings. The van der Waals surface area contributed by atoms with E-state index in [1.807, 2.05) is 24.5 Å². The Balaban J connectivity index is 2.05. The van der Waals surface area contributed by atoms with E-state index < -0.39 is 17.7 Å². The maximum absolute atomic E-state index is 12.5. The van der Waals surface area contributed by atoms with Gasteiger partial charge in [-0.15, -0.1) is 0 Å². The van der Waals surface area contributed by atoms with Crippen LogP contribution in [0.5, 0.6) is 0 Å². The number of thiocarbonyl (C=S) groups is 1. The van der Waals surface area contributed by atoms with Crippen molar-refractivity contribution in [2.45, 2.75) is 13.8 Å². The Bertz CT molecular complexity index is 1020. The van der Waals surface area contributed by atoms with Gasteiger partial charge in [-0.2, -0.15) is 0 Å². The summed E-state index contributed by atoms with van der Waals surface area (Å²) in [6, 6.07) is 8.82. The molecule has 1 saturated heterocycles. The summed E-state index contributed by atoms with van der Waals surface area (Å²) in [6.07, 6.45) is 1.59. The maximum atomic E-state index is 12.5. The van der Waals surface area contributed by atoms with Crippen molar-refractivity contribution in [2.24, 2.45) is 5.73 Å². The normalized spacial score (nSPS) is 14.7. The van der Waals surface area contributed by atoms with Crippen molar-refractivity contribution in [3.8, 4) is 5.69 Å². The monoisotopic (exact) mass is 396 g/mol. The molecule has 1 aliphatic rings. The molecule has 2 N–H and O–H groups in total. The summed E-state index contributed by atoms with van der Waals surface area (Å²) in [6.45, 7) is 3.83. The molecule has 8 heteroatoms. The zero-order chi connectivity index (χ0) is 20.7. The molecule has 7 nitrogen and oxygen atoms in total. The van der Waals surface area contributed by atoms with Crippen molar-refractivity contribution in [1.29, 1.82) is 0 Å². The molecule has 0 spiro atoms. The Morgan fingerprint density at radius 1 is 1.04 bits per heavy atom. The number of rotatable bonds is 3. The highest BCUT2D eigenvalue weighted by Crippen LogP contribution is 2.25. The average molecular weight is 396 g/mol. The lowest BCUT2D eigenvalue weighted by Gasteiger charge is -2.31. The second-order valence-corrected chi connectivity index (χ2v) is 7.01. The summed E-state index contributed by atoms with van der Waals surface area (Å²) in [5.74, 6) is -1.34. The van der Waals surface area contributed by atoms with Gasteiger partial charge in [0.2, 0.25) is 5.91 Å². The molecule has 3 rings (SSSR count). The van der Waals surface area contributed by atoms with Crippen molar-refractivity contribution < 1.29 is 14.4 Å². The molecule has 1 aliphatic heterocycles. The standard InChI is InChI=1S/C20H20N4O3S/c1-11-9-14(10-16-18(26)22(3)20(28)23(4)19(16)27)12(2)24(11)15-7-5-13(6-8-15)17(21)25/h5-10H,1-4H3,(H2,21,25). The van der Waals surface area contributed by atoms with Gasteiger partial charge in [0.15, 0.2) is 5.11 Å². The van der Waals surface area contributed by atoms with Crippen LogP contribution in [0.15, 0.2) is 35.9 Å². The number of aryl methyl sites for hydroxylation is 1. The maximum Gasteiger partial charge on any atom is 0.265 e. The third-order valence-corrected chi connectivity index (χ3v) is 5.37. The lowest BCUT2D eigenvalue weighted by Crippen LogP contribution is -2.52. The molecule has 2 heterocycles. The first-order valence-corrected chi connectivity index (χ1v) is 8.95. The smallest absolute Gasteiger partial charge is 0.265 e. The van der Waals surface area contributed by atoms with Crippen LogP contribution in [-0.4, -0.2) is 51.3 Å². The zero-order valence-corrected chi connectivity index (χ0v) is 16.8. The van der Waals surface area contributed by atoms with Crippen LogP contribution in [0, 0.1) is 13.8 Å². The van der Waals surface area contributed by atoms with Crippen LogP contribution in [0.2, 0.25) is 0 Å². The molecular weight excluding hydrogens is 376 g/mol. The fourth-order valence-corrected chi connectivity index (χ4v) is 3.40. The van der Waals surface area contributed by atoms with Crippen LogP contribution in [0.25, 0.3) is 11.8 Å². The fraction of sp³-hybridized carbons (Fsp3) is 0.200. The quantitative estimate of drug-likeness (QED) is 0.487. The van der Waals surface area contributed by atoms with Crippen LogP contribution in [-0.2, 0) is 9.59 Å². The molecule has 3 amide bonds. The highest BCUT2D eigenvalue weighted by atomic mass is 32.1. The number of primary amides is 1. The molecule has 1 aromatic carbocycles. The van der Waals surface area contributed by atoms with E-state index in [1.54, 1.807) is 44.4 Å². The third kappa shape index (κ3) is 3.11. The van der Waals surface area contributed by atoms with Crippen molar-refractivity contribution in [3.63, 3.8) is 0 Å². The summed E-state index contributed by atoms with van der Waals surface area (Å²) in [4.78, 5) is 38.9. The van der Waals surface area contributed by atoms with E-state index in [1.165, 1.54) is 9.80 Å². The van der Waals surface area contributed by atoms with Crippen LogP contribution in [0.1, 0.15) is 27.3 Å². The molecule has 2 aromatic rings. The van der Waals surface area contributed by atoms with E-state index in [0.29, 0.717) is 5.56 Å². The molecular formula is C20H20N4O3S. The molecule has 0 bridgehead atoms. The highest BCUT2D eigenvalue weighted by molar-refractivity contribution is 7.80. The number of nitrogens with zero attached hydrogens (tertiary/aromatic N) is 3. The zero-order valence-electron chi connectivity index (χ0n) is 16.0. The van der Waals surface area contributed by atoms with Gasteiger partial charge >= 0.3 is 0 Å². The number of likely N-dealkylation sites (N-methyl/N-ethyl adjacent to an activating group) is 2. The van der Waals surface area contributed by atoms with Crippen LogP contribution in [0.3, 0.4) is 0 Å². The van der Waals surface area contributed by atoms with Gasteiger partial charge in [0, 0.05) is 36.7 Å². The van der Waals surface area contributed by atoms with Gasteiger partial charge in [0.25, 0.3) is 11.8 Å². The number of hydrogen-bond acceptors (Lipinski definition) is 4. The van der Waals surface area contributed by atoms with E-state index in [2.05, 4.69) is 0 Å². The van der Waals surface area contributed by atoms with E-state index in [-0.39, 0.29) is 10.7 Å². The Kier molecular flexibility index (Phi) is 4.91. The van der Waals surface area contributed by atoms with Gasteiger partial charge in [0.1, 0.15) is 5.57 Å². The Morgan fingerprint density at radius 3 is 2.07 bits per heavy atom. The summed E-state index contributed by atoms with van der Waals surface area (Å²) < 4.78 is 1.98. The van der Waals surface area contributed by atoms with Crippen LogP contribution >= 0.6 is 12.2 Å². The summed E-state index contributed by atoms with van der Waals surface area (Å²) >= 11 is 5.11. The summed E-state index contributed by atoms with van der Waals surface area (Å²) in [5, 5.41) is 0.173. The highest BCUT2D eigenvalue weighted by Gasteiger charge is 2.35. The topological polar surface area (TPSA) is 88.6 Å². The van der Waals surface area contributed by atoms with Crippen molar-refractivity contribution in [1.82, 2.24) is 14.4 Å². The molecule has 0 radical (unpaired) electrons. The molecule has 0 aliphatic carbocycles. The predicted molar refractivity (Wildman–Crippen MR) is 110 cm³/mol. The number of aromatic nitrogens is 1. The molecule has 28 heavy (non-hydrogen) atoms. The van der Waals surface area contributed by atoms with Gasteiger partial charge < -0.3 is 10.3 Å². The predicted octanol–water partition coefficient (Wildman–Crippen LogP) is 1.79. The number of amides is 3. The number of benzene rings is 1. The lowest BCUT2D eigenvalue weighted by molar-refractivity contribution is -0.132. The third-order valence-electron chi connectivity index (χ3n) is 4.82. The van der Waals surface area contributed by atoms with Gasteiger partial charge in [-0.05, 0) is 68.0 Å². The molecule has 0 unspecified atom stereocenters.